The van der Waals surface area contributed by atoms with Crippen molar-refractivity contribution in [3.63, 3.8) is 0 Å². The Hall–Kier alpha value is -4.64. The number of fused-ring (bicyclic) bond motifs is 3. The van der Waals surface area contributed by atoms with Crippen LogP contribution >= 0.6 is 0 Å². The van der Waals surface area contributed by atoms with Gasteiger partial charge in [-0.15, -0.1) is 0 Å². The summed E-state index contributed by atoms with van der Waals surface area (Å²) < 4.78 is 11.0. The normalized spacial score (nSPS) is 19.2. The van der Waals surface area contributed by atoms with E-state index >= 15 is 0 Å². The van der Waals surface area contributed by atoms with Gasteiger partial charge in [-0.2, -0.15) is 10.2 Å². The molecule has 0 amide bonds. The largest absolute Gasteiger partial charge is 0.454 e. The van der Waals surface area contributed by atoms with Crippen LogP contribution in [0, 0.1) is 5.92 Å². The maximum absolute atomic E-state index is 9.73. The molecule has 11 nitrogen and oxygen atoms in total. The van der Waals surface area contributed by atoms with Crippen molar-refractivity contribution in [1.29, 1.82) is 0 Å². The molecule has 186 valence electrons. The molecule has 1 atom stereocenters. The minimum absolute atomic E-state index is 0.000568. The Bertz CT molecular complexity index is 1640. The van der Waals surface area contributed by atoms with Gasteiger partial charge in [0.05, 0.1) is 42.0 Å². The van der Waals surface area contributed by atoms with Crippen molar-refractivity contribution in [2.24, 2.45) is 16.0 Å². The predicted molar refractivity (Wildman–Crippen MR) is 138 cm³/mol. The first-order valence-electron chi connectivity index (χ1n) is 12.0. The number of pyridine rings is 1. The lowest BCUT2D eigenvalue weighted by atomic mass is 9.99. The Labute approximate surface area is 211 Å². The van der Waals surface area contributed by atoms with Crippen LogP contribution in [0.25, 0.3) is 23.4 Å². The van der Waals surface area contributed by atoms with Crippen molar-refractivity contribution in [3.05, 3.63) is 64.2 Å². The molecule has 6 heterocycles. The summed E-state index contributed by atoms with van der Waals surface area (Å²) in [6.45, 7) is 1.35. The number of ether oxygens (including phenoxy) is 2. The first-order chi connectivity index (χ1) is 18.2. The monoisotopic (exact) mass is 496 g/mol. The number of aliphatic imine (C=N–C) groups is 1. The number of allylic oxidation sites excluding steroid dienone is 1. The summed E-state index contributed by atoms with van der Waals surface area (Å²) in [7, 11) is 1.91. The zero-order valence-corrected chi connectivity index (χ0v) is 20.0. The van der Waals surface area contributed by atoms with Crippen LogP contribution in [-0.2, 0) is 6.54 Å². The van der Waals surface area contributed by atoms with Crippen LogP contribution in [0.1, 0.15) is 11.3 Å². The molecule has 4 aliphatic rings. The fourth-order valence-electron chi connectivity index (χ4n) is 5.07. The minimum atomic E-state index is -0.0749. The lowest BCUT2D eigenvalue weighted by molar-refractivity contribution is 0.174. The van der Waals surface area contributed by atoms with E-state index < -0.39 is 0 Å². The van der Waals surface area contributed by atoms with E-state index in [0.29, 0.717) is 24.6 Å². The third-order valence-corrected chi connectivity index (χ3v) is 6.95. The lowest BCUT2D eigenvalue weighted by Gasteiger charge is -2.20. The van der Waals surface area contributed by atoms with Gasteiger partial charge in [-0.1, -0.05) is 6.07 Å². The molecule has 4 N–H and O–H groups in total. The Kier molecular flexibility index (Phi) is 4.96. The Morgan fingerprint density at radius 1 is 1.16 bits per heavy atom. The van der Waals surface area contributed by atoms with Gasteiger partial charge in [0.15, 0.2) is 17.3 Å². The second-order valence-corrected chi connectivity index (χ2v) is 9.19. The Balaban J connectivity index is 1.18. The van der Waals surface area contributed by atoms with E-state index in [0.717, 1.165) is 55.9 Å². The predicted octanol–water partition coefficient (Wildman–Crippen LogP) is 0.488. The molecule has 0 aliphatic carbocycles. The smallest absolute Gasteiger partial charge is 0.231 e. The molecule has 1 aromatic carbocycles. The van der Waals surface area contributed by atoms with E-state index in [2.05, 4.69) is 30.9 Å². The second kappa shape index (κ2) is 8.49. The number of benzene rings is 1. The SMILES string of the molecule is CN1CC(C2=CC=c3[nH]nc(C4=NCc5c(cncc5-c5ccc6c(c5)OCO6)N4)c3=CN2)C(CO)=N1. The number of hydrogen-bond donors (Lipinski definition) is 4. The number of hydrogen-bond acceptors (Lipinski definition) is 10. The molecule has 0 saturated carbocycles. The fraction of sp³-hybridized carbons (Fsp3) is 0.231. The summed E-state index contributed by atoms with van der Waals surface area (Å²) >= 11 is 0. The van der Waals surface area contributed by atoms with Crippen LogP contribution in [0.15, 0.2) is 52.5 Å². The van der Waals surface area contributed by atoms with Crippen molar-refractivity contribution in [1.82, 2.24) is 25.5 Å². The average molecular weight is 497 g/mol. The number of nitrogens with one attached hydrogen (secondary N) is 3. The maximum Gasteiger partial charge on any atom is 0.231 e. The summed E-state index contributed by atoms with van der Waals surface area (Å²) in [4.78, 5) is 9.32. The summed E-state index contributed by atoms with van der Waals surface area (Å²) in [6.07, 6.45) is 9.58. The van der Waals surface area contributed by atoms with E-state index in [-0.39, 0.29) is 19.3 Å². The zero-order valence-electron chi connectivity index (χ0n) is 20.0. The van der Waals surface area contributed by atoms with E-state index in [1.54, 1.807) is 0 Å². The maximum atomic E-state index is 9.73. The molecule has 3 aromatic rings. The number of aromatic amines is 1. The number of rotatable bonds is 4. The third-order valence-electron chi connectivity index (χ3n) is 6.95. The van der Waals surface area contributed by atoms with Gasteiger partial charge in [0, 0.05) is 48.0 Å². The number of aliphatic hydroxyl groups is 1. The highest BCUT2D eigenvalue weighted by molar-refractivity contribution is 6.09. The Morgan fingerprint density at radius 2 is 2.08 bits per heavy atom. The van der Waals surface area contributed by atoms with Crippen LogP contribution in [-0.4, -0.2) is 63.8 Å². The van der Waals surface area contributed by atoms with Gasteiger partial charge in [-0.05, 0) is 29.8 Å². The number of H-pyrrole nitrogens is 1. The molecule has 0 saturated heterocycles. The number of aromatic nitrogens is 3. The molecule has 11 heteroatoms. The fourth-order valence-corrected chi connectivity index (χ4v) is 5.07. The van der Waals surface area contributed by atoms with Gasteiger partial charge in [0.2, 0.25) is 6.79 Å². The van der Waals surface area contributed by atoms with Crippen LogP contribution in [0.4, 0.5) is 5.69 Å². The number of anilines is 1. The lowest BCUT2D eigenvalue weighted by Crippen LogP contribution is -2.33. The number of hydrazone groups is 1. The van der Waals surface area contributed by atoms with Crippen molar-refractivity contribution >= 4 is 29.5 Å². The third kappa shape index (κ3) is 3.62. The molecule has 0 bridgehead atoms. The van der Waals surface area contributed by atoms with Gasteiger partial charge in [-0.25, -0.2) is 0 Å². The van der Waals surface area contributed by atoms with Crippen molar-refractivity contribution in [2.75, 3.05) is 32.3 Å². The number of aliphatic hydroxyl groups excluding tert-OH is 1. The molecular formula is C26H24N8O3. The van der Waals surface area contributed by atoms with Crippen LogP contribution < -0.4 is 30.7 Å². The van der Waals surface area contributed by atoms with Crippen molar-refractivity contribution in [3.8, 4) is 22.6 Å². The highest BCUT2D eigenvalue weighted by Gasteiger charge is 2.28. The summed E-state index contributed by atoms with van der Waals surface area (Å²) in [6, 6.07) is 5.90. The summed E-state index contributed by atoms with van der Waals surface area (Å²) in [5.41, 5.74) is 6.35. The number of amidine groups is 1. The van der Waals surface area contributed by atoms with Crippen LogP contribution in [0.5, 0.6) is 11.5 Å². The molecule has 0 fully saturated rings. The van der Waals surface area contributed by atoms with Gasteiger partial charge in [0.25, 0.3) is 0 Å². The average Bonchev–Trinajstić information content (AvgIpc) is 3.62. The molecule has 0 spiro atoms. The van der Waals surface area contributed by atoms with Gasteiger partial charge in [0.1, 0.15) is 5.69 Å². The molecule has 37 heavy (non-hydrogen) atoms. The second-order valence-electron chi connectivity index (χ2n) is 9.19. The van der Waals surface area contributed by atoms with Crippen LogP contribution in [0.3, 0.4) is 0 Å². The van der Waals surface area contributed by atoms with Gasteiger partial charge in [-0.3, -0.25) is 20.1 Å². The van der Waals surface area contributed by atoms with Gasteiger partial charge >= 0.3 is 0 Å². The standard InChI is InChI=1S/C26H24N8O3/c1-34-11-18(22(12-35)33-34)19-3-4-20-17(9-28-19)25(32-31-20)26-29-8-16-15(7-27-10-21(16)30-26)14-2-5-23-24(6-14)37-13-36-23/h2-7,9-10,18,28,31,35H,8,11-13H2,1H3,(H,29,30). The summed E-state index contributed by atoms with van der Waals surface area (Å²) in [5.74, 6) is 2.15. The highest BCUT2D eigenvalue weighted by atomic mass is 16.7. The zero-order chi connectivity index (χ0) is 24.9. The van der Waals surface area contributed by atoms with Crippen molar-refractivity contribution in [2.45, 2.75) is 6.54 Å². The van der Waals surface area contributed by atoms with E-state index in [1.165, 1.54) is 0 Å². The molecular weight excluding hydrogens is 472 g/mol. The molecule has 0 radical (unpaired) electrons. The van der Waals surface area contributed by atoms with Crippen molar-refractivity contribution < 1.29 is 14.6 Å². The van der Waals surface area contributed by atoms with E-state index in [9.17, 15) is 5.11 Å². The first-order valence-corrected chi connectivity index (χ1v) is 12.0. The van der Waals surface area contributed by atoms with Crippen LogP contribution in [0.2, 0.25) is 0 Å². The summed E-state index contributed by atoms with van der Waals surface area (Å²) in [5, 5.41) is 32.3. The topological polar surface area (TPSA) is 132 Å². The minimum Gasteiger partial charge on any atom is -0.454 e. The molecule has 1 unspecified atom stereocenters. The molecule has 7 rings (SSSR count). The highest BCUT2D eigenvalue weighted by Crippen LogP contribution is 2.38. The first kappa shape index (κ1) is 21.6. The molecule has 2 aromatic heterocycles. The molecule has 4 aliphatic heterocycles. The Morgan fingerprint density at radius 3 is 3.00 bits per heavy atom. The quantitative estimate of drug-likeness (QED) is 0.410. The van der Waals surface area contributed by atoms with E-state index in [4.69, 9.17) is 14.5 Å². The number of nitrogens with zero attached hydrogens (tertiary/aromatic N) is 5. The van der Waals surface area contributed by atoms with Gasteiger partial charge < -0.3 is 25.2 Å². The van der Waals surface area contributed by atoms with E-state index in [1.807, 2.05) is 61.0 Å².